The molecule has 1 amide bonds. The number of carbonyl (C=O) groups is 1. The zero-order valence-corrected chi connectivity index (χ0v) is 9.67. The van der Waals surface area contributed by atoms with Crippen molar-refractivity contribution in [3.63, 3.8) is 0 Å². The van der Waals surface area contributed by atoms with Crippen LogP contribution in [0, 0.1) is 0 Å². The summed E-state index contributed by atoms with van der Waals surface area (Å²) in [5, 5.41) is 11.5. The van der Waals surface area contributed by atoms with E-state index in [2.05, 4.69) is 5.32 Å². The monoisotopic (exact) mass is 225 g/mol. The SMILES string of the molecule is CSc1ccc(C(=O)N[C@H](C)CO)cc1. The Bertz CT molecular complexity index is 324. The van der Waals surface area contributed by atoms with Crippen LogP contribution < -0.4 is 5.32 Å². The molecule has 0 unspecified atom stereocenters. The molecule has 3 nitrogen and oxygen atoms in total. The summed E-state index contributed by atoms with van der Waals surface area (Å²) < 4.78 is 0. The van der Waals surface area contributed by atoms with E-state index in [1.165, 1.54) is 0 Å². The van der Waals surface area contributed by atoms with E-state index in [4.69, 9.17) is 5.11 Å². The second kappa shape index (κ2) is 5.78. The van der Waals surface area contributed by atoms with Gasteiger partial charge in [-0.05, 0) is 37.4 Å². The topological polar surface area (TPSA) is 49.3 Å². The molecule has 1 rings (SSSR count). The predicted octanol–water partition coefficient (Wildman–Crippen LogP) is 1.52. The number of aliphatic hydroxyl groups excluding tert-OH is 1. The molecule has 0 radical (unpaired) electrons. The van der Waals surface area contributed by atoms with Gasteiger partial charge >= 0.3 is 0 Å². The summed E-state index contributed by atoms with van der Waals surface area (Å²) in [6.07, 6.45) is 1.99. The second-order valence-corrected chi connectivity index (χ2v) is 4.17. The van der Waals surface area contributed by atoms with E-state index in [0.29, 0.717) is 5.56 Å². The highest BCUT2D eigenvalue weighted by atomic mass is 32.2. The van der Waals surface area contributed by atoms with Crippen molar-refractivity contribution in [3.8, 4) is 0 Å². The molecule has 0 fully saturated rings. The maximum Gasteiger partial charge on any atom is 0.251 e. The summed E-state index contributed by atoms with van der Waals surface area (Å²) in [7, 11) is 0. The van der Waals surface area contributed by atoms with Crippen LogP contribution in [0.3, 0.4) is 0 Å². The first-order valence-electron chi connectivity index (χ1n) is 4.73. The van der Waals surface area contributed by atoms with Gasteiger partial charge in [-0.2, -0.15) is 0 Å². The molecule has 0 aliphatic rings. The highest BCUT2D eigenvalue weighted by Crippen LogP contribution is 2.14. The van der Waals surface area contributed by atoms with Gasteiger partial charge in [0.05, 0.1) is 6.61 Å². The van der Waals surface area contributed by atoms with Gasteiger partial charge in [-0.25, -0.2) is 0 Å². The van der Waals surface area contributed by atoms with Crippen molar-refractivity contribution in [1.82, 2.24) is 5.32 Å². The van der Waals surface area contributed by atoms with Gasteiger partial charge in [0.25, 0.3) is 5.91 Å². The predicted molar refractivity (Wildman–Crippen MR) is 62.2 cm³/mol. The Kier molecular flexibility index (Phi) is 4.65. The molecule has 1 aromatic rings. The zero-order chi connectivity index (χ0) is 11.3. The van der Waals surface area contributed by atoms with Gasteiger partial charge in [0, 0.05) is 16.5 Å². The van der Waals surface area contributed by atoms with Crippen LogP contribution in [0.25, 0.3) is 0 Å². The van der Waals surface area contributed by atoms with E-state index in [9.17, 15) is 4.79 Å². The minimum absolute atomic E-state index is 0.0470. The lowest BCUT2D eigenvalue weighted by atomic mass is 10.2. The van der Waals surface area contributed by atoms with Crippen LogP contribution in [0.5, 0.6) is 0 Å². The lowest BCUT2D eigenvalue weighted by Gasteiger charge is -2.10. The second-order valence-electron chi connectivity index (χ2n) is 3.29. The quantitative estimate of drug-likeness (QED) is 0.764. The Balaban J connectivity index is 2.66. The van der Waals surface area contributed by atoms with Crippen molar-refractivity contribution in [2.45, 2.75) is 17.9 Å². The van der Waals surface area contributed by atoms with Crippen LogP contribution in [-0.4, -0.2) is 29.9 Å². The van der Waals surface area contributed by atoms with Crippen molar-refractivity contribution in [2.75, 3.05) is 12.9 Å². The van der Waals surface area contributed by atoms with Gasteiger partial charge in [0.15, 0.2) is 0 Å². The molecule has 1 aromatic carbocycles. The van der Waals surface area contributed by atoms with Crippen molar-refractivity contribution >= 4 is 17.7 Å². The number of thioether (sulfide) groups is 1. The van der Waals surface area contributed by atoms with Crippen LogP contribution in [0.1, 0.15) is 17.3 Å². The molecule has 2 N–H and O–H groups in total. The molecule has 0 saturated heterocycles. The minimum Gasteiger partial charge on any atom is -0.394 e. The number of aliphatic hydroxyl groups is 1. The molecule has 4 heteroatoms. The molecular weight excluding hydrogens is 210 g/mol. The number of hydrogen-bond donors (Lipinski definition) is 2. The molecule has 1 atom stereocenters. The zero-order valence-electron chi connectivity index (χ0n) is 8.86. The van der Waals surface area contributed by atoms with E-state index in [1.54, 1.807) is 30.8 Å². The van der Waals surface area contributed by atoms with Gasteiger partial charge in [-0.1, -0.05) is 0 Å². The lowest BCUT2D eigenvalue weighted by molar-refractivity contribution is 0.0922. The average molecular weight is 225 g/mol. The largest absolute Gasteiger partial charge is 0.394 e. The Morgan fingerprint density at radius 1 is 1.47 bits per heavy atom. The smallest absolute Gasteiger partial charge is 0.251 e. The van der Waals surface area contributed by atoms with E-state index < -0.39 is 0 Å². The summed E-state index contributed by atoms with van der Waals surface area (Å²) >= 11 is 1.64. The Labute approximate surface area is 93.9 Å². The molecule has 15 heavy (non-hydrogen) atoms. The highest BCUT2D eigenvalue weighted by Gasteiger charge is 2.08. The van der Waals surface area contributed by atoms with Crippen LogP contribution in [0.4, 0.5) is 0 Å². The third-order valence-electron chi connectivity index (χ3n) is 2.00. The Hall–Kier alpha value is -1.00. The fourth-order valence-electron chi connectivity index (χ4n) is 1.10. The molecule has 0 aliphatic heterocycles. The first-order valence-corrected chi connectivity index (χ1v) is 5.95. The van der Waals surface area contributed by atoms with Crippen LogP contribution in [0.2, 0.25) is 0 Å². The molecule has 0 aromatic heterocycles. The summed E-state index contributed by atoms with van der Waals surface area (Å²) in [6.45, 7) is 1.71. The van der Waals surface area contributed by atoms with Crippen molar-refractivity contribution < 1.29 is 9.90 Å². The first kappa shape index (κ1) is 12.1. The Morgan fingerprint density at radius 3 is 2.53 bits per heavy atom. The molecule has 0 heterocycles. The number of rotatable bonds is 4. The van der Waals surface area contributed by atoms with E-state index in [-0.39, 0.29) is 18.6 Å². The summed E-state index contributed by atoms with van der Waals surface area (Å²) in [5.74, 6) is -0.149. The van der Waals surface area contributed by atoms with E-state index in [0.717, 1.165) is 4.90 Å². The fourth-order valence-corrected chi connectivity index (χ4v) is 1.50. The van der Waals surface area contributed by atoms with E-state index >= 15 is 0 Å². The highest BCUT2D eigenvalue weighted by molar-refractivity contribution is 7.98. The number of hydrogen-bond acceptors (Lipinski definition) is 3. The first-order chi connectivity index (χ1) is 7.17. The molecule has 82 valence electrons. The Morgan fingerprint density at radius 2 is 2.07 bits per heavy atom. The average Bonchev–Trinajstić information content (AvgIpc) is 2.29. The van der Waals surface area contributed by atoms with E-state index in [1.807, 2.05) is 18.4 Å². The third-order valence-corrected chi connectivity index (χ3v) is 2.75. The van der Waals surface area contributed by atoms with Gasteiger partial charge in [0.2, 0.25) is 0 Å². The molecule has 0 saturated carbocycles. The van der Waals surface area contributed by atoms with Crippen LogP contribution in [-0.2, 0) is 0 Å². The van der Waals surface area contributed by atoms with Gasteiger partial charge in [-0.15, -0.1) is 11.8 Å². The van der Waals surface area contributed by atoms with Gasteiger partial charge in [0.1, 0.15) is 0 Å². The number of amides is 1. The van der Waals surface area contributed by atoms with Crippen molar-refractivity contribution in [3.05, 3.63) is 29.8 Å². The molecule has 0 spiro atoms. The minimum atomic E-state index is -0.210. The fraction of sp³-hybridized carbons (Fsp3) is 0.364. The third kappa shape index (κ3) is 3.57. The summed E-state index contributed by atoms with van der Waals surface area (Å²) in [6, 6.07) is 7.17. The maximum absolute atomic E-state index is 11.6. The van der Waals surface area contributed by atoms with Crippen molar-refractivity contribution in [2.24, 2.45) is 0 Å². The normalized spacial score (nSPS) is 12.2. The summed E-state index contributed by atoms with van der Waals surface area (Å²) in [4.78, 5) is 12.7. The maximum atomic E-state index is 11.6. The summed E-state index contributed by atoms with van der Waals surface area (Å²) in [5.41, 5.74) is 0.619. The van der Waals surface area contributed by atoms with Gasteiger partial charge < -0.3 is 10.4 Å². The van der Waals surface area contributed by atoms with Crippen LogP contribution >= 0.6 is 11.8 Å². The molecule has 0 aliphatic carbocycles. The van der Waals surface area contributed by atoms with Crippen LogP contribution in [0.15, 0.2) is 29.2 Å². The van der Waals surface area contributed by atoms with Gasteiger partial charge in [-0.3, -0.25) is 4.79 Å². The standard InChI is InChI=1S/C11H15NO2S/c1-8(7-13)12-11(14)9-3-5-10(15-2)6-4-9/h3-6,8,13H,7H2,1-2H3,(H,12,14)/t8-/m1/s1. The number of nitrogens with one attached hydrogen (secondary N) is 1. The van der Waals surface area contributed by atoms with Crippen molar-refractivity contribution in [1.29, 1.82) is 0 Å². The molecule has 0 bridgehead atoms. The number of carbonyl (C=O) groups excluding carboxylic acids is 1. The number of benzene rings is 1. The molecular formula is C11H15NO2S. The lowest BCUT2D eigenvalue weighted by Crippen LogP contribution is -2.34.